The van der Waals surface area contributed by atoms with Gasteiger partial charge in [-0.1, -0.05) is 20.8 Å². The molecule has 19 heavy (non-hydrogen) atoms. The normalized spacial score (nSPS) is 35.8. The summed E-state index contributed by atoms with van der Waals surface area (Å²) in [5.41, 5.74) is 6.58. The van der Waals surface area contributed by atoms with E-state index in [0.29, 0.717) is 17.2 Å². The van der Waals surface area contributed by atoms with E-state index in [0.717, 1.165) is 38.8 Å². The minimum Gasteiger partial charge on any atom is -0.342 e. The number of hydrogen-bond donors (Lipinski definition) is 1. The van der Waals surface area contributed by atoms with Crippen molar-refractivity contribution in [1.82, 2.24) is 4.90 Å². The molecule has 3 unspecified atom stereocenters. The lowest BCUT2D eigenvalue weighted by Gasteiger charge is -2.35. The van der Waals surface area contributed by atoms with E-state index < -0.39 is 0 Å². The van der Waals surface area contributed by atoms with Gasteiger partial charge in [0, 0.05) is 19.1 Å². The van der Waals surface area contributed by atoms with Crippen LogP contribution in [0.4, 0.5) is 0 Å². The Labute approximate surface area is 117 Å². The molecule has 110 valence electrons. The van der Waals surface area contributed by atoms with Crippen LogP contribution in [-0.2, 0) is 4.79 Å². The summed E-state index contributed by atoms with van der Waals surface area (Å²) in [5.74, 6) is 1.05. The largest absolute Gasteiger partial charge is 0.342 e. The van der Waals surface area contributed by atoms with E-state index in [1.165, 1.54) is 12.8 Å². The second-order valence-corrected chi connectivity index (χ2v) is 7.53. The van der Waals surface area contributed by atoms with Gasteiger partial charge in [0.05, 0.1) is 5.92 Å². The van der Waals surface area contributed by atoms with Crippen LogP contribution in [0.2, 0.25) is 0 Å². The zero-order valence-corrected chi connectivity index (χ0v) is 12.8. The Balaban J connectivity index is 1.98. The van der Waals surface area contributed by atoms with E-state index in [1.54, 1.807) is 0 Å². The second-order valence-electron chi connectivity index (χ2n) is 7.53. The molecule has 3 nitrogen and oxygen atoms in total. The SMILES string of the molecule is CC1CCC(N)C(C(=O)N2CCCC(C)(C)CC2)C1. The highest BCUT2D eigenvalue weighted by molar-refractivity contribution is 5.79. The highest BCUT2D eigenvalue weighted by atomic mass is 16.2. The Morgan fingerprint density at radius 2 is 1.95 bits per heavy atom. The van der Waals surface area contributed by atoms with Crippen LogP contribution in [0.15, 0.2) is 0 Å². The third-order valence-corrected chi connectivity index (χ3v) is 5.13. The second kappa shape index (κ2) is 5.82. The van der Waals surface area contributed by atoms with Gasteiger partial charge in [-0.2, -0.15) is 0 Å². The number of carbonyl (C=O) groups excluding carboxylic acids is 1. The standard InChI is InChI=1S/C16H30N2O/c1-12-5-6-14(17)13(11-12)15(19)18-9-4-7-16(2,3)8-10-18/h12-14H,4-11,17H2,1-3H3. The van der Waals surface area contributed by atoms with Gasteiger partial charge in [-0.25, -0.2) is 0 Å². The topological polar surface area (TPSA) is 46.3 Å². The molecule has 0 aromatic rings. The van der Waals surface area contributed by atoms with E-state index in [2.05, 4.69) is 25.7 Å². The van der Waals surface area contributed by atoms with E-state index >= 15 is 0 Å². The van der Waals surface area contributed by atoms with Gasteiger partial charge in [-0.05, 0) is 49.9 Å². The van der Waals surface area contributed by atoms with Gasteiger partial charge in [0.15, 0.2) is 0 Å². The predicted octanol–water partition coefficient (Wildman–Crippen LogP) is 2.79. The van der Waals surface area contributed by atoms with Crippen LogP contribution in [0.1, 0.15) is 59.3 Å². The molecule has 1 saturated carbocycles. The Bertz CT molecular complexity index is 327. The third-order valence-electron chi connectivity index (χ3n) is 5.13. The molecule has 3 atom stereocenters. The summed E-state index contributed by atoms with van der Waals surface area (Å²) in [4.78, 5) is 14.8. The van der Waals surface area contributed by atoms with Gasteiger partial charge in [0.1, 0.15) is 0 Å². The van der Waals surface area contributed by atoms with Crippen molar-refractivity contribution in [1.29, 1.82) is 0 Å². The number of rotatable bonds is 1. The molecule has 0 aromatic carbocycles. The van der Waals surface area contributed by atoms with E-state index in [1.807, 2.05) is 0 Å². The van der Waals surface area contributed by atoms with Gasteiger partial charge in [-0.15, -0.1) is 0 Å². The van der Waals surface area contributed by atoms with Crippen molar-refractivity contribution in [3.05, 3.63) is 0 Å². The smallest absolute Gasteiger partial charge is 0.227 e. The van der Waals surface area contributed by atoms with Crippen molar-refractivity contribution < 1.29 is 4.79 Å². The highest BCUT2D eigenvalue weighted by Crippen LogP contribution is 2.33. The van der Waals surface area contributed by atoms with Crippen LogP contribution in [0.5, 0.6) is 0 Å². The Kier molecular flexibility index (Phi) is 4.54. The summed E-state index contributed by atoms with van der Waals surface area (Å²) in [5, 5.41) is 0. The number of carbonyl (C=O) groups is 1. The average Bonchev–Trinajstić information content (AvgIpc) is 2.52. The first-order chi connectivity index (χ1) is 8.89. The summed E-state index contributed by atoms with van der Waals surface area (Å²) in [7, 11) is 0. The molecule has 1 aliphatic heterocycles. The maximum Gasteiger partial charge on any atom is 0.227 e. The molecule has 3 heteroatoms. The first-order valence-corrected chi connectivity index (χ1v) is 7.93. The van der Waals surface area contributed by atoms with Crippen LogP contribution >= 0.6 is 0 Å². The number of likely N-dealkylation sites (tertiary alicyclic amines) is 1. The van der Waals surface area contributed by atoms with Crippen LogP contribution in [0.3, 0.4) is 0 Å². The molecule has 1 heterocycles. The Morgan fingerprint density at radius 3 is 2.68 bits per heavy atom. The first-order valence-electron chi connectivity index (χ1n) is 7.93. The summed E-state index contributed by atoms with van der Waals surface area (Å²) < 4.78 is 0. The Morgan fingerprint density at radius 1 is 1.21 bits per heavy atom. The van der Waals surface area contributed by atoms with Crippen molar-refractivity contribution in [2.24, 2.45) is 23.0 Å². The maximum absolute atomic E-state index is 12.7. The molecule has 0 spiro atoms. The Hall–Kier alpha value is -0.570. The van der Waals surface area contributed by atoms with Crippen molar-refractivity contribution in [2.75, 3.05) is 13.1 Å². The molecule has 2 rings (SSSR count). The quantitative estimate of drug-likeness (QED) is 0.793. The van der Waals surface area contributed by atoms with Crippen LogP contribution in [0.25, 0.3) is 0 Å². The predicted molar refractivity (Wildman–Crippen MR) is 78.7 cm³/mol. The first kappa shape index (κ1) is 14.8. The molecule has 0 aromatic heterocycles. The van der Waals surface area contributed by atoms with Gasteiger partial charge in [0.2, 0.25) is 5.91 Å². The van der Waals surface area contributed by atoms with Gasteiger partial charge < -0.3 is 10.6 Å². The fourth-order valence-corrected chi connectivity index (χ4v) is 3.57. The van der Waals surface area contributed by atoms with Crippen LogP contribution in [-0.4, -0.2) is 29.9 Å². The number of nitrogens with zero attached hydrogens (tertiary/aromatic N) is 1. The molecule has 2 aliphatic rings. The summed E-state index contributed by atoms with van der Waals surface area (Å²) in [6, 6.07) is 0.0833. The fraction of sp³-hybridized carbons (Fsp3) is 0.938. The molecule has 2 N–H and O–H groups in total. The zero-order chi connectivity index (χ0) is 14.0. The van der Waals surface area contributed by atoms with Crippen LogP contribution < -0.4 is 5.73 Å². The minimum absolute atomic E-state index is 0.0740. The third kappa shape index (κ3) is 3.71. The van der Waals surface area contributed by atoms with E-state index in [-0.39, 0.29) is 12.0 Å². The van der Waals surface area contributed by atoms with Crippen molar-refractivity contribution >= 4 is 5.91 Å². The minimum atomic E-state index is 0.0740. The number of nitrogens with two attached hydrogens (primary N) is 1. The maximum atomic E-state index is 12.7. The van der Waals surface area contributed by atoms with E-state index in [9.17, 15) is 4.79 Å². The highest BCUT2D eigenvalue weighted by Gasteiger charge is 2.35. The lowest BCUT2D eigenvalue weighted by atomic mass is 9.78. The van der Waals surface area contributed by atoms with Crippen molar-refractivity contribution in [2.45, 2.75) is 65.3 Å². The molecule has 1 saturated heterocycles. The monoisotopic (exact) mass is 266 g/mol. The molecular weight excluding hydrogens is 236 g/mol. The summed E-state index contributed by atoms with van der Waals surface area (Å²) in [6.07, 6.45) is 6.66. The molecule has 0 radical (unpaired) electrons. The van der Waals surface area contributed by atoms with Crippen LogP contribution in [0, 0.1) is 17.3 Å². The summed E-state index contributed by atoms with van der Waals surface area (Å²) >= 11 is 0. The molecule has 2 fully saturated rings. The van der Waals surface area contributed by atoms with E-state index in [4.69, 9.17) is 5.73 Å². The number of amides is 1. The average molecular weight is 266 g/mol. The molecule has 1 aliphatic carbocycles. The fourth-order valence-electron chi connectivity index (χ4n) is 3.57. The van der Waals surface area contributed by atoms with Crippen molar-refractivity contribution in [3.8, 4) is 0 Å². The van der Waals surface area contributed by atoms with Gasteiger partial charge >= 0.3 is 0 Å². The van der Waals surface area contributed by atoms with Gasteiger partial charge in [0.25, 0.3) is 0 Å². The summed E-state index contributed by atoms with van der Waals surface area (Å²) in [6.45, 7) is 8.73. The molecular formula is C16H30N2O. The van der Waals surface area contributed by atoms with Crippen molar-refractivity contribution in [3.63, 3.8) is 0 Å². The molecule has 0 bridgehead atoms. The lowest BCUT2D eigenvalue weighted by molar-refractivity contribution is -0.137. The zero-order valence-electron chi connectivity index (χ0n) is 12.8. The van der Waals surface area contributed by atoms with Gasteiger partial charge in [-0.3, -0.25) is 4.79 Å². The lowest BCUT2D eigenvalue weighted by Crippen LogP contribution is -2.47. The number of hydrogen-bond acceptors (Lipinski definition) is 2. The molecule has 1 amide bonds.